The molecule has 0 fully saturated rings. The molecule has 0 spiro atoms. The van der Waals surface area contributed by atoms with Crippen molar-refractivity contribution in [3.05, 3.63) is 53.6 Å². The first-order valence-electron chi connectivity index (χ1n) is 7.90. The molecule has 0 saturated heterocycles. The van der Waals surface area contributed by atoms with Crippen LogP contribution < -0.4 is 4.74 Å². The van der Waals surface area contributed by atoms with Gasteiger partial charge in [-0.05, 0) is 36.6 Å². The lowest BCUT2D eigenvalue weighted by Gasteiger charge is -2.22. The van der Waals surface area contributed by atoms with Crippen LogP contribution in [0.2, 0.25) is 0 Å². The van der Waals surface area contributed by atoms with Crippen LogP contribution >= 0.6 is 37.2 Å². The van der Waals surface area contributed by atoms with Gasteiger partial charge in [0.05, 0.1) is 13.0 Å². The lowest BCUT2D eigenvalue weighted by Crippen LogP contribution is -2.34. The van der Waals surface area contributed by atoms with Crippen LogP contribution in [0.15, 0.2) is 36.9 Å². The van der Waals surface area contributed by atoms with Gasteiger partial charge in [-0.1, -0.05) is 0 Å². The van der Waals surface area contributed by atoms with E-state index in [1.807, 2.05) is 0 Å². The first kappa shape index (κ1) is 21.7. The maximum atomic E-state index is 12.5. The van der Waals surface area contributed by atoms with Gasteiger partial charge in [-0.3, -0.25) is 9.59 Å². The number of methoxy groups -OCH3 is 1. The van der Waals surface area contributed by atoms with E-state index in [-0.39, 0.29) is 12.2 Å². The molecule has 9 heteroatoms. The standard InChI is InChI=1S/C18H16N2O5.I2/c1-24-18(23)17(22)15-4-2-12-6-13(3-5-14(12)16(15)21)25-9-11-7-19-10-20-8-11;1-2/h3,5-8,10,15H,2,4,9H2,1H3;. The van der Waals surface area contributed by atoms with Gasteiger partial charge in [0.15, 0.2) is 5.78 Å². The summed E-state index contributed by atoms with van der Waals surface area (Å²) < 4.78 is 10.1. The fourth-order valence-electron chi connectivity index (χ4n) is 2.79. The highest BCUT2D eigenvalue weighted by molar-refractivity contribution is 15.0. The molecule has 0 N–H and O–H groups in total. The second-order valence-corrected chi connectivity index (χ2v) is 5.67. The van der Waals surface area contributed by atoms with Crippen LogP contribution in [-0.2, 0) is 27.4 Å². The predicted octanol–water partition coefficient (Wildman–Crippen LogP) is 3.31. The first-order valence-corrected chi connectivity index (χ1v) is 14.2. The normalized spacial score (nSPS) is 15.1. The molecule has 0 amide bonds. The highest BCUT2D eigenvalue weighted by Crippen LogP contribution is 2.29. The fraction of sp³-hybridized carbons (Fsp3) is 0.278. The van der Waals surface area contributed by atoms with Gasteiger partial charge in [-0.15, -0.1) is 0 Å². The molecule has 1 aliphatic carbocycles. The van der Waals surface area contributed by atoms with E-state index in [0.29, 0.717) is 24.3 Å². The van der Waals surface area contributed by atoms with Crippen LogP contribution in [0.25, 0.3) is 0 Å². The fourth-order valence-corrected chi connectivity index (χ4v) is 2.79. The number of hydrogen-bond acceptors (Lipinski definition) is 7. The Kier molecular flexibility index (Phi) is 8.54. The molecule has 0 saturated carbocycles. The third-order valence-electron chi connectivity index (χ3n) is 4.08. The Bertz CT molecular complexity index is 830. The molecule has 27 heavy (non-hydrogen) atoms. The maximum absolute atomic E-state index is 12.5. The van der Waals surface area contributed by atoms with Crippen LogP contribution in [0, 0.1) is 5.92 Å². The van der Waals surface area contributed by atoms with Crippen LogP contribution in [0.5, 0.6) is 5.75 Å². The van der Waals surface area contributed by atoms with E-state index in [0.717, 1.165) is 18.2 Å². The van der Waals surface area contributed by atoms with E-state index >= 15 is 0 Å². The van der Waals surface area contributed by atoms with Crippen molar-refractivity contribution in [1.82, 2.24) is 9.97 Å². The van der Waals surface area contributed by atoms with Gasteiger partial charge in [-0.25, -0.2) is 14.8 Å². The second-order valence-electron chi connectivity index (χ2n) is 5.67. The lowest BCUT2D eigenvalue weighted by atomic mass is 9.80. The number of ketones is 2. The number of ether oxygens (including phenoxy) is 2. The smallest absolute Gasteiger partial charge is 0.375 e. The number of nitrogens with zero attached hydrogens (tertiary/aromatic N) is 2. The highest BCUT2D eigenvalue weighted by atomic mass is 128. The maximum Gasteiger partial charge on any atom is 0.375 e. The zero-order valence-electron chi connectivity index (χ0n) is 14.4. The number of rotatable bonds is 5. The number of esters is 1. The molecule has 3 rings (SSSR count). The molecule has 142 valence electrons. The SMILES string of the molecule is COC(=O)C(=O)C1CCc2cc(OCc3cncnc3)ccc2C1=O.II. The summed E-state index contributed by atoms with van der Waals surface area (Å²) in [6.07, 6.45) is 5.58. The molecule has 1 atom stereocenters. The molecule has 1 aromatic heterocycles. The van der Waals surface area contributed by atoms with Crippen molar-refractivity contribution in [3.8, 4) is 5.75 Å². The van der Waals surface area contributed by atoms with E-state index in [2.05, 4.69) is 51.9 Å². The van der Waals surface area contributed by atoms with Crippen molar-refractivity contribution >= 4 is 54.8 Å². The van der Waals surface area contributed by atoms with Gasteiger partial charge >= 0.3 is 5.97 Å². The summed E-state index contributed by atoms with van der Waals surface area (Å²) in [5, 5.41) is 0. The van der Waals surface area contributed by atoms with Crippen molar-refractivity contribution in [3.63, 3.8) is 0 Å². The van der Waals surface area contributed by atoms with Crippen molar-refractivity contribution in [2.75, 3.05) is 7.11 Å². The molecular weight excluding hydrogens is 578 g/mol. The highest BCUT2D eigenvalue weighted by Gasteiger charge is 2.36. The van der Waals surface area contributed by atoms with Gasteiger partial charge < -0.3 is 9.47 Å². The molecule has 0 radical (unpaired) electrons. The van der Waals surface area contributed by atoms with Gasteiger partial charge in [-0.2, -0.15) is 0 Å². The Morgan fingerprint density at radius 1 is 1.22 bits per heavy atom. The number of carbonyl (C=O) groups excluding carboxylic acids is 3. The second kappa shape index (κ2) is 10.6. The Labute approximate surface area is 179 Å². The van der Waals surface area contributed by atoms with E-state index in [1.165, 1.54) is 6.33 Å². The number of aryl methyl sites for hydroxylation is 1. The number of carbonyl (C=O) groups is 3. The van der Waals surface area contributed by atoms with E-state index in [1.54, 1.807) is 30.6 Å². The monoisotopic (exact) mass is 594 g/mol. The van der Waals surface area contributed by atoms with E-state index < -0.39 is 17.7 Å². The summed E-state index contributed by atoms with van der Waals surface area (Å²) in [5.74, 6) is -2.46. The van der Waals surface area contributed by atoms with Gasteiger partial charge in [0, 0.05) is 60.8 Å². The minimum atomic E-state index is -0.980. The summed E-state index contributed by atoms with van der Waals surface area (Å²) in [4.78, 5) is 43.7. The zero-order valence-corrected chi connectivity index (χ0v) is 18.7. The Morgan fingerprint density at radius 3 is 2.59 bits per heavy atom. The van der Waals surface area contributed by atoms with Crippen LogP contribution in [-0.4, -0.2) is 34.6 Å². The van der Waals surface area contributed by atoms with E-state index in [9.17, 15) is 14.4 Å². The largest absolute Gasteiger partial charge is 0.489 e. The molecular formula is C18H16I2N2O5. The molecule has 0 bridgehead atoms. The molecule has 1 unspecified atom stereocenters. The average molecular weight is 594 g/mol. The Balaban J connectivity index is 0.00000126. The number of halogens is 2. The number of fused-ring (bicyclic) bond motifs is 1. The molecule has 2 aromatic rings. The van der Waals surface area contributed by atoms with Crippen LogP contribution in [0.1, 0.15) is 27.9 Å². The average Bonchev–Trinajstić information content (AvgIpc) is 2.73. The third-order valence-corrected chi connectivity index (χ3v) is 4.08. The Morgan fingerprint density at radius 2 is 1.93 bits per heavy atom. The number of hydrogen-bond donors (Lipinski definition) is 0. The number of Topliss-reactive ketones (excluding diaryl/α,β-unsaturated/α-hetero) is 2. The summed E-state index contributed by atoms with van der Waals surface area (Å²) in [5.41, 5.74) is 2.09. The summed E-state index contributed by atoms with van der Waals surface area (Å²) >= 11 is 4.24. The first-order chi connectivity index (χ1) is 13.1. The summed E-state index contributed by atoms with van der Waals surface area (Å²) in [6.45, 7) is 0.316. The van der Waals surface area contributed by atoms with Gasteiger partial charge in [0.2, 0.25) is 0 Å². The molecule has 0 aliphatic heterocycles. The minimum absolute atomic E-state index is 0.287. The summed E-state index contributed by atoms with van der Waals surface area (Å²) in [7, 11) is 1.13. The third kappa shape index (κ3) is 5.43. The molecule has 7 nitrogen and oxygen atoms in total. The molecule has 1 aliphatic rings. The quantitative estimate of drug-likeness (QED) is 0.227. The van der Waals surface area contributed by atoms with E-state index in [4.69, 9.17) is 4.74 Å². The van der Waals surface area contributed by atoms with Gasteiger partial charge in [0.1, 0.15) is 18.7 Å². The summed E-state index contributed by atoms with van der Waals surface area (Å²) in [6, 6.07) is 5.09. The predicted molar refractivity (Wildman–Crippen MR) is 114 cm³/mol. The number of benzene rings is 1. The number of aromatic nitrogens is 2. The topological polar surface area (TPSA) is 95.5 Å². The van der Waals surface area contributed by atoms with Crippen LogP contribution in [0.3, 0.4) is 0 Å². The zero-order chi connectivity index (χ0) is 19.8. The van der Waals surface area contributed by atoms with Crippen molar-refractivity contribution < 1.29 is 23.9 Å². The van der Waals surface area contributed by atoms with Crippen molar-refractivity contribution in [2.24, 2.45) is 5.92 Å². The molecule has 1 aromatic carbocycles. The van der Waals surface area contributed by atoms with Crippen molar-refractivity contribution in [1.29, 1.82) is 0 Å². The molecule has 1 heterocycles. The van der Waals surface area contributed by atoms with Crippen LogP contribution in [0.4, 0.5) is 0 Å². The van der Waals surface area contributed by atoms with Crippen molar-refractivity contribution in [2.45, 2.75) is 19.4 Å². The van der Waals surface area contributed by atoms with Gasteiger partial charge in [0.25, 0.3) is 5.78 Å². The lowest BCUT2D eigenvalue weighted by molar-refractivity contribution is -0.153. The Hall–Kier alpha value is -1.63. The minimum Gasteiger partial charge on any atom is -0.489 e.